The summed E-state index contributed by atoms with van der Waals surface area (Å²) >= 11 is 0. The highest BCUT2D eigenvalue weighted by molar-refractivity contribution is 5.81. The van der Waals surface area contributed by atoms with Gasteiger partial charge in [0.05, 0.1) is 0 Å². The van der Waals surface area contributed by atoms with Gasteiger partial charge in [0.15, 0.2) is 0 Å². The summed E-state index contributed by atoms with van der Waals surface area (Å²) in [5.41, 5.74) is 2.18. The highest BCUT2D eigenvalue weighted by Gasteiger charge is 1.99. The molecule has 0 aromatic rings. The molecular weight excluding hydrogens is 224 g/mol. The van der Waals surface area contributed by atoms with Crippen LogP contribution in [0, 0.1) is 5.92 Å². The van der Waals surface area contributed by atoms with Gasteiger partial charge in [0.25, 0.3) is 0 Å². The van der Waals surface area contributed by atoms with Crippen LogP contribution in [0.4, 0.5) is 0 Å². The molecule has 0 radical (unpaired) electrons. The summed E-state index contributed by atoms with van der Waals surface area (Å²) < 4.78 is 0. The van der Waals surface area contributed by atoms with E-state index in [9.17, 15) is 4.79 Å². The largest absolute Gasteiger partial charge is 0.478 e. The highest BCUT2D eigenvalue weighted by atomic mass is 16.4. The van der Waals surface area contributed by atoms with Crippen molar-refractivity contribution in [1.29, 1.82) is 0 Å². The zero-order valence-electron chi connectivity index (χ0n) is 12.1. The summed E-state index contributed by atoms with van der Waals surface area (Å²) in [6.45, 7) is 8.34. The molecule has 18 heavy (non-hydrogen) atoms. The van der Waals surface area contributed by atoms with Crippen LogP contribution < -0.4 is 0 Å². The summed E-state index contributed by atoms with van der Waals surface area (Å²) in [4.78, 5) is 10.4. The van der Waals surface area contributed by atoms with Crippen molar-refractivity contribution in [3.8, 4) is 0 Å². The minimum atomic E-state index is -0.882. The first-order valence-electron chi connectivity index (χ1n) is 6.63. The molecular formula is C16H26O2. The zero-order chi connectivity index (χ0) is 14.0. The molecule has 0 aliphatic carbocycles. The average Bonchev–Trinajstić information content (AvgIpc) is 2.23. The van der Waals surface area contributed by atoms with Crippen molar-refractivity contribution in [2.75, 3.05) is 0 Å². The monoisotopic (exact) mass is 250 g/mol. The maximum Gasteiger partial charge on any atom is 0.328 e. The van der Waals surface area contributed by atoms with Gasteiger partial charge in [-0.25, -0.2) is 4.79 Å². The van der Waals surface area contributed by atoms with Crippen LogP contribution in [0.3, 0.4) is 0 Å². The van der Waals surface area contributed by atoms with E-state index in [-0.39, 0.29) is 0 Å². The van der Waals surface area contributed by atoms with Crippen LogP contribution in [0.15, 0.2) is 35.5 Å². The fourth-order valence-corrected chi connectivity index (χ4v) is 1.69. The van der Waals surface area contributed by atoms with Crippen LogP contribution in [0.25, 0.3) is 0 Å². The Bertz CT molecular complexity index is 331. The molecule has 0 aliphatic rings. The Morgan fingerprint density at radius 3 is 2.33 bits per heavy atom. The molecule has 0 aromatic heterocycles. The smallest absolute Gasteiger partial charge is 0.328 e. The molecule has 2 heteroatoms. The van der Waals surface area contributed by atoms with E-state index in [0.29, 0.717) is 5.92 Å². The molecule has 0 saturated heterocycles. The first-order chi connectivity index (χ1) is 8.41. The van der Waals surface area contributed by atoms with Crippen LogP contribution in [-0.4, -0.2) is 11.1 Å². The SMILES string of the molecule is CC(C)=CCCC(C)CCC=CC(C)=CC(=O)O. The van der Waals surface area contributed by atoms with E-state index in [1.54, 1.807) is 0 Å². The lowest BCUT2D eigenvalue weighted by Crippen LogP contribution is -1.93. The fourth-order valence-electron chi connectivity index (χ4n) is 1.69. The molecule has 0 bridgehead atoms. The minimum absolute atomic E-state index is 0.717. The molecule has 1 atom stereocenters. The van der Waals surface area contributed by atoms with E-state index in [2.05, 4.69) is 32.9 Å². The van der Waals surface area contributed by atoms with Crippen molar-refractivity contribution in [3.63, 3.8) is 0 Å². The Morgan fingerprint density at radius 1 is 1.17 bits per heavy atom. The van der Waals surface area contributed by atoms with Gasteiger partial charge >= 0.3 is 5.97 Å². The number of hydrogen-bond acceptors (Lipinski definition) is 1. The lowest BCUT2D eigenvalue weighted by atomic mass is 9.99. The van der Waals surface area contributed by atoms with Crippen molar-refractivity contribution < 1.29 is 9.90 Å². The van der Waals surface area contributed by atoms with Gasteiger partial charge in [0, 0.05) is 6.08 Å². The molecule has 0 fully saturated rings. The maximum absolute atomic E-state index is 10.4. The van der Waals surface area contributed by atoms with E-state index in [1.165, 1.54) is 18.1 Å². The van der Waals surface area contributed by atoms with Gasteiger partial charge < -0.3 is 5.11 Å². The Kier molecular flexibility index (Phi) is 8.99. The molecule has 102 valence electrons. The molecule has 0 amide bonds. The molecule has 1 unspecified atom stereocenters. The summed E-state index contributed by atoms with van der Waals surface area (Å²) in [5.74, 6) is -0.166. The van der Waals surface area contributed by atoms with E-state index < -0.39 is 5.97 Å². The average molecular weight is 250 g/mol. The standard InChI is InChI=1S/C16H26O2/c1-13(2)8-7-11-14(3)9-5-6-10-15(4)12-16(17)18/h6,8,10,12,14H,5,7,9,11H2,1-4H3,(H,17,18). The van der Waals surface area contributed by atoms with Crippen molar-refractivity contribution in [2.24, 2.45) is 5.92 Å². The molecule has 2 nitrogen and oxygen atoms in total. The Balaban J connectivity index is 3.80. The molecule has 0 saturated carbocycles. The summed E-state index contributed by atoms with van der Waals surface area (Å²) in [6, 6.07) is 0. The van der Waals surface area contributed by atoms with Crippen LogP contribution in [0.1, 0.15) is 53.4 Å². The number of carboxylic acids is 1. The number of hydrogen-bond donors (Lipinski definition) is 1. The van der Waals surface area contributed by atoms with Crippen LogP contribution in [0.2, 0.25) is 0 Å². The summed E-state index contributed by atoms with van der Waals surface area (Å²) in [5, 5.41) is 8.55. The molecule has 0 aromatic carbocycles. The Morgan fingerprint density at radius 2 is 1.78 bits per heavy atom. The predicted octanol–water partition coefficient (Wildman–Crippen LogP) is 4.74. The van der Waals surface area contributed by atoms with Gasteiger partial charge in [-0.05, 0) is 57.9 Å². The zero-order valence-corrected chi connectivity index (χ0v) is 12.1. The van der Waals surface area contributed by atoms with Crippen molar-refractivity contribution in [3.05, 3.63) is 35.5 Å². The van der Waals surface area contributed by atoms with Gasteiger partial charge in [-0.3, -0.25) is 0 Å². The molecule has 0 heterocycles. The van der Waals surface area contributed by atoms with Gasteiger partial charge in [-0.2, -0.15) is 0 Å². The third kappa shape index (κ3) is 11.2. The molecule has 0 aliphatic heterocycles. The maximum atomic E-state index is 10.4. The van der Waals surface area contributed by atoms with E-state index >= 15 is 0 Å². The Labute approximate surface area is 111 Å². The topological polar surface area (TPSA) is 37.3 Å². The van der Waals surface area contributed by atoms with Crippen LogP contribution in [0.5, 0.6) is 0 Å². The van der Waals surface area contributed by atoms with Gasteiger partial charge in [-0.15, -0.1) is 0 Å². The third-order valence-corrected chi connectivity index (χ3v) is 2.77. The van der Waals surface area contributed by atoms with Gasteiger partial charge in [-0.1, -0.05) is 30.7 Å². The first kappa shape index (κ1) is 16.7. The predicted molar refractivity (Wildman–Crippen MR) is 77.6 cm³/mol. The highest BCUT2D eigenvalue weighted by Crippen LogP contribution is 2.14. The number of rotatable bonds is 8. The van der Waals surface area contributed by atoms with E-state index in [1.807, 2.05) is 13.0 Å². The minimum Gasteiger partial charge on any atom is -0.478 e. The van der Waals surface area contributed by atoms with Gasteiger partial charge in [0.1, 0.15) is 0 Å². The van der Waals surface area contributed by atoms with Crippen molar-refractivity contribution in [1.82, 2.24) is 0 Å². The lowest BCUT2D eigenvalue weighted by molar-refractivity contribution is -0.131. The summed E-state index contributed by atoms with van der Waals surface area (Å²) in [7, 11) is 0. The summed E-state index contributed by atoms with van der Waals surface area (Å²) in [6.07, 6.45) is 12.0. The van der Waals surface area contributed by atoms with Crippen LogP contribution in [-0.2, 0) is 4.79 Å². The van der Waals surface area contributed by atoms with Crippen molar-refractivity contribution >= 4 is 5.97 Å². The number of aliphatic carboxylic acids is 1. The lowest BCUT2D eigenvalue weighted by Gasteiger charge is -2.07. The molecule has 0 rings (SSSR count). The van der Waals surface area contributed by atoms with E-state index in [4.69, 9.17) is 5.11 Å². The Hall–Kier alpha value is -1.31. The third-order valence-electron chi connectivity index (χ3n) is 2.77. The van der Waals surface area contributed by atoms with E-state index in [0.717, 1.165) is 24.8 Å². The second-order valence-electron chi connectivity index (χ2n) is 5.17. The second-order valence-corrected chi connectivity index (χ2v) is 5.17. The first-order valence-corrected chi connectivity index (χ1v) is 6.63. The quantitative estimate of drug-likeness (QED) is 0.384. The second kappa shape index (κ2) is 9.69. The molecule has 0 spiro atoms. The fraction of sp³-hybridized carbons (Fsp3) is 0.562. The molecule has 1 N–H and O–H groups in total. The number of allylic oxidation sites excluding steroid dienone is 5. The normalized spacial score (nSPS) is 13.7. The number of carbonyl (C=O) groups is 1. The van der Waals surface area contributed by atoms with Crippen molar-refractivity contribution in [2.45, 2.75) is 53.4 Å². The number of carboxylic acid groups (broad SMARTS) is 1. The van der Waals surface area contributed by atoms with Crippen LogP contribution >= 0.6 is 0 Å². The van der Waals surface area contributed by atoms with Gasteiger partial charge in [0.2, 0.25) is 0 Å².